The van der Waals surface area contributed by atoms with Crippen LogP contribution in [0.4, 0.5) is 5.95 Å². The van der Waals surface area contributed by atoms with Crippen LogP contribution >= 0.6 is 0 Å². The van der Waals surface area contributed by atoms with Crippen molar-refractivity contribution in [3.63, 3.8) is 0 Å². The number of nitrogens with one attached hydrogen (secondary N) is 1. The van der Waals surface area contributed by atoms with Crippen molar-refractivity contribution in [3.05, 3.63) is 33.9 Å². The van der Waals surface area contributed by atoms with E-state index < -0.39 is 17.9 Å². The fourth-order valence-electron chi connectivity index (χ4n) is 2.26. The highest BCUT2D eigenvalue weighted by Gasteiger charge is 2.29. The Morgan fingerprint density at radius 1 is 1.62 bits per heavy atom. The first-order chi connectivity index (χ1) is 10.0. The number of ether oxygens (including phenoxy) is 1. The molecular formula is C12H11N5O4. The predicted molar refractivity (Wildman–Crippen MR) is 71.2 cm³/mol. The zero-order valence-corrected chi connectivity index (χ0v) is 10.6. The van der Waals surface area contributed by atoms with Crippen LogP contribution in [-0.4, -0.2) is 37.5 Å². The summed E-state index contributed by atoms with van der Waals surface area (Å²) in [6.07, 6.45) is 1.11. The largest absolute Gasteiger partial charge is 0.510 e. The van der Waals surface area contributed by atoms with Gasteiger partial charge in [-0.1, -0.05) is 0 Å². The van der Waals surface area contributed by atoms with Gasteiger partial charge in [-0.2, -0.15) is 10.2 Å². The molecule has 0 amide bonds. The Hall–Kier alpha value is -2.83. The topological polar surface area (TPSA) is 150 Å². The fourth-order valence-corrected chi connectivity index (χ4v) is 2.26. The van der Waals surface area contributed by atoms with Gasteiger partial charge in [-0.3, -0.25) is 9.78 Å². The maximum Gasteiger partial charge on any atom is 0.263 e. The molecule has 5 N–H and O–H groups in total. The van der Waals surface area contributed by atoms with Crippen LogP contribution in [0, 0.1) is 11.3 Å². The van der Waals surface area contributed by atoms with Crippen molar-refractivity contribution < 1.29 is 14.9 Å². The number of fused-ring (bicyclic) bond motifs is 1. The number of anilines is 1. The van der Waals surface area contributed by atoms with Crippen molar-refractivity contribution in [1.82, 2.24) is 14.5 Å². The van der Waals surface area contributed by atoms with Gasteiger partial charge >= 0.3 is 0 Å². The molecule has 0 bridgehead atoms. The third-order valence-electron chi connectivity index (χ3n) is 3.21. The minimum atomic E-state index is -0.850. The van der Waals surface area contributed by atoms with E-state index in [1.165, 1.54) is 16.8 Å². The third kappa shape index (κ3) is 1.94. The van der Waals surface area contributed by atoms with Crippen molar-refractivity contribution in [3.8, 4) is 6.07 Å². The summed E-state index contributed by atoms with van der Waals surface area (Å²) in [5.41, 5.74) is 5.27. The molecule has 2 aromatic heterocycles. The average molecular weight is 289 g/mol. The number of nitriles is 1. The van der Waals surface area contributed by atoms with Gasteiger partial charge in [0, 0.05) is 12.3 Å². The van der Waals surface area contributed by atoms with Crippen LogP contribution in [-0.2, 0) is 4.74 Å². The van der Waals surface area contributed by atoms with Crippen molar-refractivity contribution in [2.45, 2.75) is 12.3 Å². The van der Waals surface area contributed by atoms with E-state index in [2.05, 4.69) is 9.97 Å². The number of nitrogens with zero attached hydrogens (tertiary/aromatic N) is 3. The van der Waals surface area contributed by atoms with E-state index in [-0.39, 0.29) is 34.9 Å². The smallest absolute Gasteiger partial charge is 0.263 e. The average Bonchev–Trinajstić information content (AvgIpc) is 2.98. The van der Waals surface area contributed by atoms with Crippen LogP contribution in [0.1, 0.15) is 11.8 Å². The molecule has 2 aromatic rings. The summed E-state index contributed by atoms with van der Waals surface area (Å²) in [5.74, 6) is -0.220. The molecule has 0 aliphatic carbocycles. The van der Waals surface area contributed by atoms with Gasteiger partial charge in [-0.05, 0) is 0 Å². The van der Waals surface area contributed by atoms with Crippen LogP contribution in [0.15, 0.2) is 22.8 Å². The van der Waals surface area contributed by atoms with Gasteiger partial charge in [-0.25, -0.2) is 0 Å². The zero-order chi connectivity index (χ0) is 15.1. The lowest BCUT2D eigenvalue weighted by molar-refractivity contribution is -0.0214. The quantitative estimate of drug-likeness (QED) is 0.582. The van der Waals surface area contributed by atoms with Gasteiger partial charge in [0.15, 0.2) is 11.9 Å². The van der Waals surface area contributed by atoms with Crippen LogP contribution in [0.25, 0.3) is 11.0 Å². The highest BCUT2D eigenvalue weighted by molar-refractivity contribution is 5.83. The molecule has 108 valence electrons. The zero-order valence-electron chi connectivity index (χ0n) is 10.6. The second-order valence-electron chi connectivity index (χ2n) is 4.50. The fraction of sp³-hybridized carbons (Fsp3) is 0.250. The molecule has 0 fully saturated rings. The van der Waals surface area contributed by atoms with E-state index >= 15 is 0 Å². The summed E-state index contributed by atoms with van der Waals surface area (Å²) >= 11 is 0. The van der Waals surface area contributed by atoms with Gasteiger partial charge in [0.2, 0.25) is 5.95 Å². The maximum atomic E-state index is 11.9. The van der Waals surface area contributed by atoms with Crippen molar-refractivity contribution in [2.24, 2.45) is 0 Å². The van der Waals surface area contributed by atoms with E-state index in [1.54, 1.807) is 0 Å². The number of H-pyrrole nitrogens is 1. The van der Waals surface area contributed by atoms with Crippen LogP contribution < -0.4 is 11.3 Å². The minimum absolute atomic E-state index is 0.0932. The lowest BCUT2D eigenvalue weighted by atomic mass is 10.3. The second kappa shape index (κ2) is 4.62. The molecule has 9 nitrogen and oxygen atoms in total. The van der Waals surface area contributed by atoms with Crippen molar-refractivity contribution in [2.75, 3.05) is 12.3 Å². The molecular weight excluding hydrogens is 278 g/mol. The summed E-state index contributed by atoms with van der Waals surface area (Å²) < 4.78 is 6.83. The summed E-state index contributed by atoms with van der Waals surface area (Å²) in [5, 5.41) is 27.9. The highest BCUT2D eigenvalue weighted by atomic mass is 16.5. The highest BCUT2D eigenvalue weighted by Crippen LogP contribution is 2.29. The molecule has 21 heavy (non-hydrogen) atoms. The number of hydrogen-bond acceptors (Lipinski definition) is 7. The molecule has 3 rings (SSSR count). The van der Waals surface area contributed by atoms with Gasteiger partial charge in [0.1, 0.15) is 23.3 Å². The summed E-state index contributed by atoms with van der Waals surface area (Å²) in [7, 11) is 0. The number of rotatable bonds is 2. The molecule has 0 aromatic carbocycles. The second-order valence-corrected chi connectivity index (χ2v) is 4.50. The number of aromatic amines is 1. The van der Waals surface area contributed by atoms with Gasteiger partial charge < -0.3 is 25.3 Å². The normalized spacial score (nSPS) is 21.4. The standard InChI is InChI=1S/C12H11N5O4/c13-2-5-3-17(8-1-6(19)7(4-18)21-8)10-9(5)11(20)16-12(14)15-10/h1,3,7-8,18-19H,4H2,(H3,14,15,16,20). The van der Waals surface area contributed by atoms with E-state index in [4.69, 9.17) is 20.8 Å². The van der Waals surface area contributed by atoms with Gasteiger partial charge in [0.25, 0.3) is 5.56 Å². The first-order valence-electron chi connectivity index (χ1n) is 6.02. The number of aliphatic hydroxyl groups excluding tert-OH is 2. The predicted octanol–water partition coefficient (Wildman–Crippen LogP) is -0.490. The van der Waals surface area contributed by atoms with E-state index in [9.17, 15) is 9.90 Å². The van der Waals surface area contributed by atoms with Gasteiger partial charge in [-0.15, -0.1) is 0 Å². The first-order valence-corrected chi connectivity index (χ1v) is 6.02. The number of nitrogens with two attached hydrogens (primary N) is 1. The Morgan fingerprint density at radius 2 is 2.38 bits per heavy atom. The third-order valence-corrected chi connectivity index (χ3v) is 3.21. The summed E-state index contributed by atoms with van der Waals surface area (Å²) in [6, 6.07) is 1.90. The Kier molecular flexibility index (Phi) is 2.90. The SMILES string of the molecule is N#Cc1cn(C2C=C(O)C(CO)O2)c2nc(N)[nH]c(=O)c12. The van der Waals surface area contributed by atoms with E-state index in [1.807, 2.05) is 6.07 Å². The van der Waals surface area contributed by atoms with Gasteiger partial charge in [0.05, 0.1) is 12.2 Å². The minimum Gasteiger partial charge on any atom is -0.510 e. The number of aromatic nitrogens is 3. The Labute approximate surface area is 117 Å². The lowest BCUT2D eigenvalue weighted by Gasteiger charge is -2.14. The maximum absolute atomic E-state index is 11.9. The Morgan fingerprint density at radius 3 is 3.00 bits per heavy atom. The first kappa shape index (κ1) is 13.2. The van der Waals surface area contributed by atoms with E-state index in [0.717, 1.165) is 0 Å². The molecule has 2 atom stereocenters. The van der Waals surface area contributed by atoms with Crippen LogP contribution in [0.2, 0.25) is 0 Å². The number of hydrogen-bond donors (Lipinski definition) is 4. The summed E-state index contributed by atoms with van der Waals surface area (Å²) in [6.45, 7) is -0.390. The number of nitrogen functional groups attached to an aromatic ring is 1. The molecule has 0 spiro atoms. The Bertz CT molecular complexity index is 844. The number of aliphatic hydroxyl groups is 2. The molecule has 9 heteroatoms. The molecule has 0 radical (unpaired) electrons. The van der Waals surface area contributed by atoms with Crippen LogP contribution in [0.3, 0.4) is 0 Å². The lowest BCUT2D eigenvalue weighted by Crippen LogP contribution is -2.18. The molecule has 1 aliphatic heterocycles. The van der Waals surface area contributed by atoms with Crippen molar-refractivity contribution >= 4 is 17.0 Å². The molecule has 0 saturated carbocycles. The Balaban J connectivity index is 2.21. The molecule has 3 heterocycles. The molecule has 0 saturated heterocycles. The molecule has 2 unspecified atom stereocenters. The van der Waals surface area contributed by atoms with Crippen LogP contribution in [0.5, 0.6) is 0 Å². The molecule has 1 aliphatic rings. The summed E-state index contributed by atoms with van der Waals surface area (Å²) in [4.78, 5) is 18.2. The monoisotopic (exact) mass is 289 g/mol. The van der Waals surface area contributed by atoms with E-state index in [0.29, 0.717) is 0 Å². The van der Waals surface area contributed by atoms with Crippen molar-refractivity contribution in [1.29, 1.82) is 5.26 Å².